The van der Waals surface area contributed by atoms with Gasteiger partial charge in [-0.25, -0.2) is 4.79 Å². The topological polar surface area (TPSA) is 62.8 Å². The summed E-state index contributed by atoms with van der Waals surface area (Å²) in [4.78, 5) is 13.4. The van der Waals surface area contributed by atoms with Crippen molar-refractivity contribution in [3.63, 3.8) is 0 Å². The zero-order valence-corrected chi connectivity index (χ0v) is 11.4. The number of rotatable bonds is 2. The molecule has 1 atom stereocenters. The van der Waals surface area contributed by atoms with Crippen molar-refractivity contribution >= 4 is 6.09 Å². The lowest BCUT2D eigenvalue weighted by Gasteiger charge is -2.20. The van der Waals surface area contributed by atoms with E-state index in [-0.39, 0.29) is 30.9 Å². The first-order valence-corrected chi connectivity index (χ1v) is 5.93. The Morgan fingerprint density at radius 3 is 2.53 bits per heavy atom. The molecule has 1 amide bonds. The van der Waals surface area contributed by atoms with Gasteiger partial charge in [0.05, 0.1) is 0 Å². The van der Waals surface area contributed by atoms with Crippen LogP contribution in [0, 0.1) is 0 Å². The molecule has 2 aliphatic rings. The average Bonchev–Trinajstić information content (AvgIpc) is 2.81. The van der Waals surface area contributed by atoms with Gasteiger partial charge < -0.3 is 45.1 Å². The lowest BCUT2D eigenvalue weighted by Crippen LogP contribution is -3.08. The number of likely N-dealkylation sites (tertiary alicyclic amines) is 1. The van der Waals surface area contributed by atoms with E-state index in [0.717, 1.165) is 39.0 Å². The lowest BCUT2D eigenvalue weighted by molar-refractivity contribution is -0.811. The first-order chi connectivity index (χ1) is 7.36. The average molecular weight is 286 g/mol. The van der Waals surface area contributed by atoms with Gasteiger partial charge in [0.25, 0.3) is 0 Å². The molecule has 2 fully saturated rings. The second-order valence-electron chi connectivity index (χ2n) is 4.37. The molecule has 7 heteroatoms. The fourth-order valence-electron chi connectivity index (χ4n) is 2.18. The van der Waals surface area contributed by atoms with E-state index in [1.54, 1.807) is 0 Å². The Morgan fingerprint density at radius 2 is 1.94 bits per heavy atom. The summed E-state index contributed by atoms with van der Waals surface area (Å²) in [5.41, 5.74) is 0. The number of carbonyl (C=O) groups is 1. The molecule has 17 heavy (non-hydrogen) atoms. The normalized spacial score (nSPS) is 23.5. The van der Waals surface area contributed by atoms with Gasteiger partial charge in [-0.3, -0.25) is 0 Å². The minimum Gasteiger partial charge on any atom is -1.00 e. The number of nitrogens with two attached hydrogens (primary N) is 2. The summed E-state index contributed by atoms with van der Waals surface area (Å²) in [7, 11) is 0. The molecular weight excluding hydrogens is 265 g/mol. The van der Waals surface area contributed by atoms with Crippen molar-refractivity contribution in [2.24, 2.45) is 0 Å². The first kappa shape index (κ1) is 16.8. The number of carbonyl (C=O) groups excluding carboxylic acids is 1. The van der Waals surface area contributed by atoms with Crippen molar-refractivity contribution < 1.29 is 45.0 Å². The third-order valence-corrected chi connectivity index (χ3v) is 3.13. The third kappa shape index (κ3) is 5.29. The van der Waals surface area contributed by atoms with Crippen LogP contribution in [0.2, 0.25) is 0 Å². The Hall–Kier alpha value is -0.230. The van der Waals surface area contributed by atoms with Gasteiger partial charge >= 0.3 is 6.09 Å². The van der Waals surface area contributed by atoms with Crippen molar-refractivity contribution in [1.29, 1.82) is 0 Å². The molecular formula is C10H21Cl2N3O2. The van der Waals surface area contributed by atoms with E-state index in [2.05, 4.69) is 10.6 Å². The van der Waals surface area contributed by atoms with Crippen molar-refractivity contribution in [3.05, 3.63) is 0 Å². The number of ether oxygens (including phenoxy) is 1. The smallest absolute Gasteiger partial charge is 0.409 e. The van der Waals surface area contributed by atoms with Crippen molar-refractivity contribution in [2.45, 2.75) is 18.9 Å². The van der Waals surface area contributed by atoms with E-state index in [1.807, 2.05) is 4.90 Å². The molecule has 0 aromatic rings. The molecule has 2 heterocycles. The number of hydrogen-bond donors (Lipinski definition) is 2. The SMILES string of the molecule is O=C(OCC1C[NH2+]CC[NH2+]1)N1CCCC1.[Cl-].[Cl-]. The zero-order chi connectivity index (χ0) is 10.5. The Labute approximate surface area is 114 Å². The highest BCUT2D eigenvalue weighted by Crippen LogP contribution is 2.08. The van der Waals surface area contributed by atoms with Crippen LogP contribution in [0.15, 0.2) is 0 Å². The molecule has 0 aliphatic carbocycles. The van der Waals surface area contributed by atoms with Gasteiger partial charge in [-0.15, -0.1) is 0 Å². The Bertz CT molecular complexity index is 220. The van der Waals surface area contributed by atoms with Gasteiger partial charge in [0.2, 0.25) is 0 Å². The minimum absolute atomic E-state index is 0. The summed E-state index contributed by atoms with van der Waals surface area (Å²) >= 11 is 0. The van der Waals surface area contributed by atoms with Gasteiger partial charge in [-0.1, -0.05) is 0 Å². The standard InChI is InChI=1S/C10H19N3O2.2ClH/c14-10(13-5-1-2-6-13)15-8-9-7-11-3-4-12-9;;/h9,11-12H,1-8H2;2*1H. The molecule has 1 unspecified atom stereocenters. The molecule has 2 saturated heterocycles. The maximum absolute atomic E-state index is 11.6. The highest BCUT2D eigenvalue weighted by atomic mass is 35.5. The first-order valence-electron chi connectivity index (χ1n) is 5.93. The Balaban J connectivity index is 0.00000128. The highest BCUT2D eigenvalue weighted by molar-refractivity contribution is 5.67. The third-order valence-electron chi connectivity index (χ3n) is 3.13. The van der Waals surface area contributed by atoms with E-state index in [4.69, 9.17) is 4.74 Å². The van der Waals surface area contributed by atoms with Crippen LogP contribution in [0.4, 0.5) is 4.79 Å². The van der Waals surface area contributed by atoms with Crippen LogP contribution in [0.1, 0.15) is 12.8 Å². The summed E-state index contributed by atoms with van der Waals surface area (Å²) in [5.74, 6) is 0. The Kier molecular flexibility index (Phi) is 8.68. The predicted octanol–water partition coefficient (Wildman–Crippen LogP) is -8.26. The van der Waals surface area contributed by atoms with E-state index < -0.39 is 0 Å². The van der Waals surface area contributed by atoms with Crippen LogP contribution in [-0.4, -0.2) is 56.4 Å². The largest absolute Gasteiger partial charge is 1.00 e. The summed E-state index contributed by atoms with van der Waals surface area (Å²) in [6, 6.07) is 0.449. The van der Waals surface area contributed by atoms with Crippen molar-refractivity contribution in [3.8, 4) is 0 Å². The molecule has 5 nitrogen and oxygen atoms in total. The maximum Gasteiger partial charge on any atom is 0.409 e. The van der Waals surface area contributed by atoms with Crippen LogP contribution in [0.3, 0.4) is 0 Å². The lowest BCUT2D eigenvalue weighted by atomic mass is 10.2. The van der Waals surface area contributed by atoms with E-state index >= 15 is 0 Å². The second kappa shape index (κ2) is 8.80. The maximum atomic E-state index is 11.6. The summed E-state index contributed by atoms with van der Waals surface area (Å²) in [5, 5.41) is 4.56. The molecule has 2 rings (SSSR count). The number of halogens is 2. The number of hydrogen-bond acceptors (Lipinski definition) is 2. The molecule has 0 spiro atoms. The number of quaternary nitrogens is 2. The number of piperazine rings is 1. The molecule has 102 valence electrons. The van der Waals surface area contributed by atoms with Crippen LogP contribution < -0.4 is 35.4 Å². The van der Waals surface area contributed by atoms with Crippen LogP contribution in [-0.2, 0) is 4.74 Å². The molecule has 0 aromatic heterocycles. The molecule has 0 aromatic carbocycles. The number of nitrogens with zero attached hydrogens (tertiary/aromatic N) is 1. The van der Waals surface area contributed by atoms with Gasteiger partial charge in [0.15, 0.2) is 12.6 Å². The molecule has 0 radical (unpaired) electrons. The quantitative estimate of drug-likeness (QED) is 0.530. The van der Waals surface area contributed by atoms with Crippen molar-refractivity contribution in [1.82, 2.24) is 4.90 Å². The minimum atomic E-state index is -0.119. The fraction of sp³-hybridized carbons (Fsp3) is 0.900. The molecule has 0 saturated carbocycles. The van der Waals surface area contributed by atoms with Crippen molar-refractivity contribution in [2.75, 3.05) is 39.3 Å². The predicted molar refractivity (Wildman–Crippen MR) is 54.4 cm³/mol. The number of amides is 1. The Morgan fingerprint density at radius 1 is 1.24 bits per heavy atom. The van der Waals surface area contributed by atoms with E-state index in [9.17, 15) is 4.79 Å². The van der Waals surface area contributed by atoms with Crippen LogP contribution in [0.25, 0.3) is 0 Å². The van der Waals surface area contributed by atoms with E-state index in [1.165, 1.54) is 6.54 Å². The molecule has 0 bridgehead atoms. The second-order valence-corrected chi connectivity index (χ2v) is 4.37. The van der Waals surface area contributed by atoms with Gasteiger partial charge in [-0.2, -0.15) is 0 Å². The monoisotopic (exact) mass is 285 g/mol. The zero-order valence-electron chi connectivity index (χ0n) is 9.91. The van der Waals surface area contributed by atoms with Gasteiger partial charge in [-0.05, 0) is 12.8 Å². The summed E-state index contributed by atoms with van der Waals surface area (Å²) in [6.07, 6.45) is 2.13. The molecule has 4 N–H and O–H groups in total. The summed E-state index contributed by atoms with van der Waals surface area (Å²) in [6.45, 7) is 5.68. The van der Waals surface area contributed by atoms with Crippen LogP contribution >= 0.6 is 0 Å². The molecule has 2 aliphatic heterocycles. The van der Waals surface area contributed by atoms with Gasteiger partial charge in [0.1, 0.15) is 19.6 Å². The fourth-order valence-corrected chi connectivity index (χ4v) is 2.18. The summed E-state index contributed by atoms with van der Waals surface area (Å²) < 4.78 is 5.30. The van der Waals surface area contributed by atoms with Gasteiger partial charge in [0, 0.05) is 13.1 Å². The van der Waals surface area contributed by atoms with Crippen LogP contribution in [0.5, 0.6) is 0 Å². The highest BCUT2D eigenvalue weighted by Gasteiger charge is 2.23. The van der Waals surface area contributed by atoms with E-state index in [0.29, 0.717) is 12.6 Å².